The minimum Gasteiger partial charge on any atom is -0.462 e. The third-order valence-corrected chi connectivity index (χ3v) is 9.62. The number of carbonyl (C=O) groups excluding carboxylic acids is 2. The molecule has 0 aliphatic heterocycles. The van der Waals surface area contributed by atoms with E-state index in [0.717, 1.165) is 18.2 Å². The van der Waals surface area contributed by atoms with Crippen molar-refractivity contribution < 1.29 is 63.7 Å². The van der Waals surface area contributed by atoms with Crippen molar-refractivity contribution >= 4 is 45.4 Å². The molecule has 4 heterocycles. The smallest absolute Gasteiger partial charge is 0.462 e. The van der Waals surface area contributed by atoms with Gasteiger partial charge in [0.05, 0.1) is 24.2 Å². The van der Waals surface area contributed by atoms with Crippen molar-refractivity contribution in [3.05, 3.63) is 115 Å². The maximum Gasteiger partial charge on any atom is 0.573 e. The average Bonchev–Trinajstić information content (AvgIpc) is 3.67. The van der Waals surface area contributed by atoms with E-state index in [2.05, 4.69) is 19.4 Å². The Bertz CT molecular complexity index is 2900. The van der Waals surface area contributed by atoms with Gasteiger partial charge in [0.2, 0.25) is 0 Å². The summed E-state index contributed by atoms with van der Waals surface area (Å²) in [6, 6.07) is 14.8. The van der Waals surface area contributed by atoms with E-state index in [0.29, 0.717) is 28.6 Å². The van der Waals surface area contributed by atoms with Crippen LogP contribution in [0.3, 0.4) is 0 Å². The molecule has 0 saturated carbocycles. The predicted octanol–water partition coefficient (Wildman–Crippen LogP) is 9.00. The number of rotatable bonds is 13. The molecule has 2 N–H and O–H groups in total. The van der Waals surface area contributed by atoms with Crippen molar-refractivity contribution in [2.45, 2.75) is 52.4 Å². The number of furan rings is 2. The highest BCUT2D eigenvalue weighted by Crippen LogP contribution is 2.41. The zero-order valence-corrected chi connectivity index (χ0v) is 31.7. The molecule has 18 heteroatoms. The van der Waals surface area contributed by atoms with Gasteiger partial charge < -0.3 is 42.5 Å². The molecule has 0 amide bonds. The normalized spacial score (nSPS) is 12.6. The fourth-order valence-electron chi connectivity index (χ4n) is 6.96. The van der Waals surface area contributed by atoms with Crippen LogP contribution in [0.4, 0.5) is 26.3 Å². The molecule has 0 radical (unpaired) electrons. The third kappa shape index (κ3) is 8.36. The van der Waals surface area contributed by atoms with Crippen LogP contribution in [0.2, 0.25) is 0 Å². The van der Waals surface area contributed by atoms with Crippen molar-refractivity contribution in [1.82, 2.24) is 9.97 Å². The molecule has 4 aromatic heterocycles. The Morgan fingerprint density at radius 2 is 1.55 bits per heavy atom. The zero-order chi connectivity index (χ0) is 43.1. The number of para-hydroxylation sites is 1. The lowest BCUT2D eigenvalue weighted by Gasteiger charge is -2.18. The first-order valence-electron chi connectivity index (χ1n) is 18.2. The summed E-state index contributed by atoms with van der Waals surface area (Å²) in [6.45, 7) is 4.61. The monoisotopic (exact) mass is 838 g/mol. The largest absolute Gasteiger partial charge is 0.573 e. The number of esters is 1. The van der Waals surface area contributed by atoms with Gasteiger partial charge in [-0.3, -0.25) is 9.59 Å². The lowest BCUT2D eigenvalue weighted by molar-refractivity contribution is -0.275. The van der Waals surface area contributed by atoms with Crippen LogP contribution in [-0.4, -0.2) is 54.3 Å². The van der Waals surface area contributed by atoms with Crippen LogP contribution in [0.1, 0.15) is 39.7 Å². The molecule has 312 valence electrons. The summed E-state index contributed by atoms with van der Waals surface area (Å²) in [5, 5.41) is 0.360. The SMILES string of the molecule is CCOC(=O)c1c(-c2cccc(OC(F)(F)F)c2)c2oc3ccc(CCOC(C=O)Cc4c(-c5ccccc5OC(F)(F)F)c5oc(C)c(C)c5[nH]c4=O)cc3c2[nH]c1=O. The van der Waals surface area contributed by atoms with Crippen LogP contribution in [0.5, 0.6) is 11.5 Å². The molecule has 0 fully saturated rings. The van der Waals surface area contributed by atoms with Crippen LogP contribution >= 0.6 is 0 Å². The first-order valence-corrected chi connectivity index (χ1v) is 18.2. The van der Waals surface area contributed by atoms with E-state index in [1.54, 1.807) is 32.0 Å². The molecule has 0 aliphatic rings. The Morgan fingerprint density at radius 1 is 0.833 bits per heavy atom. The second-order valence-corrected chi connectivity index (χ2v) is 13.5. The fraction of sp³-hybridized carbons (Fsp3) is 0.238. The molecule has 0 bridgehead atoms. The summed E-state index contributed by atoms with van der Waals surface area (Å²) in [7, 11) is 0. The summed E-state index contributed by atoms with van der Waals surface area (Å²) >= 11 is 0. The van der Waals surface area contributed by atoms with E-state index in [1.165, 1.54) is 37.3 Å². The Hall–Kier alpha value is -6.82. The third-order valence-electron chi connectivity index (χ3n) is 9.62. The number of alkyl halides is 6. The summed E-state index contributed by atoms with van der Waals surface area (Å²) in [5.74, 6) is -1.83. The van der Waals surface area contributed by atoms with Crippen molar-refractivity contribution in [2.24, 2.45) is 0 Å². The second-order valence-electron chi connectivity index (χ2n) is 13.5. The number of aromatic amines is 2. The van der Waals surface area contributed by atoms with Crippen molar-refractivity contribution in [1.29, 1.82) is 0 Å². The number of benzene rings is 3. The van der Waals surface area contributed by atoms with Crippen LogP contribution in [0, 0.1) is 13.8 Å². The minimum atomic E-state index is -5.06. The molecule has 0 aliphatic carbocycles. The van der Waals surface area contributed by atoms with E-state index in [1.807, 2.05) is 0 Å². The highest BCUT2D eigenvalue weighted by Gasteiger charge is 2.34. The molecule has 7 aromatic rings. The molecule has 1 atom stereocenters. The van der Waals surface area contributed by atoms with Crippen molar-refractivity contribution in [2.75, 3.05) is 13.2 Å². The van der Waals surface area contributed by atoms with Gasteiger partial charge in [0.15, 0.2) is 11.2 Å². The predicted molar refractivity (Wildman–Crippen MR) is 204 cm³/mol. The van der Waals surface area contributed by atoms with E-state index in [-0.39, 0.29) is 81.7 Å². The number of H-pyrrole nitrogens is 2. The van der Waals surface area contributed by atoms with Gasteiger partial charge in [-0.05, 0) is 68.7 Å². The molecule has 0 saturated heterocycles. The number of aryl methyl sites for hydroxylation is 2. The van der Waals surface area contributed by atoms with Gasteiger partial charge in [-0.1, -0.05) is 36.4 Å². The van der Waals surface area contributed by atoms with Gasteiger partial charge in [-0.2, -0.15) is 0 Å². The van der Waals surface area contributed by atoms with Gasteiger partial charge in [0.25, 0.3) is 11.1 Å². The molecule has 0 spiro atoms. The standard InChI is InChI=1S/C42H32F6N2O10/c1-4-55-40(54)33-31(23-8-7-9-24(17-23)59-41(43,44)45)36-35(50-39(33)53)27-16-22(12-13-29(27)58-36)14-15-56-25(19-51)18-28-32(26-10-5-6-11-30(26)60-42(46,47)48)37-34(49-38(28)52)20(2)21(3)57-37/h5-13,16-17,19,25H,4,14-15,18H2,1-3H3,(H,49,52)(H,50,53). The van der Waals surface area contributed by atoms with E-state index >= 15 is 0 Å². The number of hydrogen-bond acceptors (Lipinski definition) is 10. The molecular weight excluding hydrogens is 806 g/mol. The number of pyridine rings is 2. The number of fused-ring (bicyclic) bond motifs is 4. The number of aromatic nitrogens is 2. The Labute approximate surface area is 333 Å². The fourth-order valence-corrected chi connectivity index (χ4v) is 6.96. The first-order chi connectivity index (χ1) is 28.5. The maximum absolute atomic E-state index is 13.6. The van der Waals surface area contributed by atoms with Gasteiger partial charge in [0, 0.05) is 39.6 Å². The zero-order valence-electron chi connectivity index (χ0n) is 31.7. The molecular formula is C42H32F6N2O10. The lowest BCUT2D eigenvalue weighted by Crippen LogP contribution is -2.25. The van der Waals surface area contributed by atoms with Crippen LogP contribution < -0.4 is 20.6 Å². The topological polar surface area (TPSA) is 163 Å². The molecule has 12 nitrogen and oxygen atoms in total. The number of aldehydes is 1. The maximum atomic E-state index is 13.6. The van der Waals surface area contributed by atoms with Crippen LogP contribution in [0.15, 0.2) is 85.2 Å². The van der Waals surface area contributed by atoms with E-state index in [4.69, 9.17) is 18.3 Å². The van der Waals surface area contributed by atoms with Crippen molar-refractivity contribution in [3.63, 3.8) is 0 Å². The summed E-state index contributed by atoms with van der Waals surface area (Å²) in [4.78, 5) is 57.8. The summed E-state index contributed by atoms with van der Waals surface area (Å²) in [6.07, 6.45) is -11.1. The van der Waals surface area contributed by atoms with Gasteiger partial charge >= 0.3 is 18.7 Å². The number of hydrogen-bond donors (Lipinski definition) is 2. The lowest BCUT2D eigenvalue weighted by atomic mass is 9.95. The number of halogens is 6. The van der Waals surface area contributed by atoms with Crippen LogP contribution in [0.25, 0.3) is 55.4 Å². The molecule has 7 rings (SSSR count). The van der Waals surface area contributed by atoms with Gasteiger partial charge in [-0.25, -0.2) is 4.79 Å². The minimum absolute atomic E-state index is 0.00156. The molecule has 60 heavy (non-hydrogen) atoms. The Balaban J connectivity index is 1.20. The summed E-state index contributed by atoms with van der Waals surface area (Å²) < 4.78 is 111. The van der Waals surface area contributed by atoms with Crippen LogP contribution in [-0.2, 0) is 27.1 Å². The van der Waals surface area contributed by atoms with E-state index < -0.39 is 53.0 Å². The van der Waals surface area contributed by atoms with Gasteiger partial charge in [-0.15, -0.1) is 26.3 Å². The molecule has 1 unspecified atom stereocenters. The van der Waals surface area contributed by atoms with Crippen molar-refractivity contribution in [3.8, 4) is 33.8 Å². The Kier molecular flexibility index (Phi) is 11.1. The summed E-state index contributed by atoms with van der Waals surface area (Å²) in [5.41, 5.74) is -0.582. The first kappa shape index (κ1) is 41.3. The quantitative estimate of drug-likeness (QED) is 0.0651. The highest BCUT2D eigenvalue weighted by atomic mass is 19.4. The number of carbonyl (C=O) groups is 2. The number of ether oxygens (including phenoxy) is 4. The average molecular weight is 839 g/mol. The highest BCUT2D eigenvalue weighted by molar-refractivity contribution is 6.12. The number of nitrogens with one attached hydrogen (secondary N) is 2. The van der Waals surface area contributed by atoms with Gasteiger partial charge in [0.1, 0.15) is 40.8 Å². The molecule has 3 aromatic carbocycles. The Morgan fingerprint density at radius 3 is 2.27 bits per heavy atom. The second kappa shape index (κ2) is 16.1. The van der Waals surface area contributed by atoms with E-state index in [9.17, 15) is 45.5 Å².